The maximum Gasteiger partial charge on any atom is 0.258 e. The Morgan fingerprint density at radius 3 is 2.24 bits per heavy atom. The van der Waals surface area contributed by atoms with E-state index in [0.29, 0.717) is 5.57 Å². The minimum Gasteiger partial charge on any atom is -0.508 e. The molecule has 2 aliphatic carbocycles. The monoisotopic (exact) mass is 618 g/mol. The summed E-state index contributed by atoms with van der Waals surface area (Å²) in [5.74, 6) is -6.59. The molecule has 0 bridgehead atoms. The fourth-order valence-electron chi connectivity index (χ4n) is 7.16. The third-order valence-electron chi connectivity index (χ3n) is 8.87. The van der Waals surface area contributed by atoms with Gasteiger partial charge in [-0.25, -0.2) is 9.29 Å². The first kappa shape index (κ1) is 28.2. The van der Waals surface area contributed by atoms with Crippen molar-refractivity contribution in [2.24, 2.45) is 17.8 Å². The Morgan fingerprint density at radius 1 is 0.951 bits per heavy atom. The quantitative estimate of drug-likeness (QED) is 0.270. The second kappa shape index (κ2) is 9.03. The summed E-state index contributed by atoms with van der Waals surface area (Å²) in [4.78, 5) is 53.7. The van der Waals surface area contributed by atoms with Gasteiger partial charge in [0.1, 0.15) is 11.6 Å². The summed E-state index contributed by atoms with van der Waals surface area (Å²) in [6.07, 6.45) is 1.78. The molecule has 6 atom stereocenters. The number of fused-ring (bicyclic) bond motifs is 4. The molecule has 2 aromatic rings. The lowest BCUT2D eigenvalue weighted by molar-refractivity contribution is -0.145. The largest absolute Gasteiger partial charge is 0.508 e. The number of likely N-dealkylation sites (tertiary alicyclic amines) is 1. The van der Waals surface area contributed by atoms with Crippen molar-refractivity contribution in [3.05, 3.63) is 70.5 Å². The molecule has 1 N–H and O–H groups in total. The number of phenols is 1. The van der Waals surface area contributed by atoms with Gasteiger partial charge in [-0.15, -0.1) is 23.2 Å². The summed E-state index contributed by atoms with van der Waals surface area (Å²) in [5.41, 5.74) is -0.00312. The van der Waals surface area contributed by atoms with E-state index in [4.69, 9.17) is 34.8 Å². The maximum atomic E-state index is 14.3. The van der Waals surface area contributed by atoms with Gasteiger partial charge >= 0.3 is 0 Å². The number of anilines is 1. The highest BCUT2D eigenvalue weighted by Crippen LogP contribution is 2.66. The molecule has 6 rings (SSSR count). The van der Waals surface area contributed by atoms with Gasteiger partial charge in [0.15, 0.2) is 9.75 Å². The molecule has 214 valence electrons. The van der Waals surface area contributed by atoms with Crippen LogP contribution in [0, 0.1) is 23.6 Å². The normalized spacial score (nSPS) is 33.1. The number of hydrogen-bond donors (Lipinski definition) is 1. The smallest absolute Gasteiger partial charge is 0.258 e. The minimum atomic E-state index is -2.15. The fraction of sp³-hybridized carbons (Fsp3) is 0.400. The van der Waals surface area contributed by atoms with E-state index in [1.54, 1.807) is 26.8 Å². The van der Waals surface area contributed by atoms with Gasteiger partial charge in [0.2, 0.25) is 11.8 Å². The molecule has 2 aliphatic heterocycles. The average molecular weight is 620 g/mol. The second-order valence-electron chi connectivity index (χ2n) is 12.1. The van der Waals surface area contributed by atoms with E-state index in [2.05, 4.69) is 0 Å². The molecule has 0 spiro atoms. The van der Waals surface area contributed by atoms with Crippen LogP contribution in [-0.4, -0.2) is 48.9 Å². The number of benzene rings is 2. The van der Waals surface area contributed by atoms with Crippen molar-refractivity contribution in [2.75, 3.05) is 4.90 Å². The van der Waals surface area contributed by atoms with Gasteiger partial charge in [0.05, 0.1) is 17.5 Å². The molecular weight excluding hydrogens is 594 g/mol. The van der Waals surface area contributed by atoms with Crippen molar-refractivity contribution in [3.63, 3.8) is 0 Å². The number of imide groups is 2. The molecule has 4 amide bonds. The average Bonchev–Trinajstić information content (AvgIpc) is 3.24. The Bertz CT molecular complexity index is 1570. The molecule has 0 aromatic heterocycles. The molecule has 41 heavy (non-hydrogen) atoms. The third kappa shape index (κ3) is 3.69. The number of phenolic OH excluding ortho intramolecular Hbond substituents is 1. The fourth-order valence-corrected chi connectivity index (χ4v) is 8.27. The number of carbonyl (C=O) groups excluding carboxylic acids is 4. The van der Waals surface area contributed by atoms with E-state index >= 15 is 0 Å². The van der Waals surface area contributed by atoms with Crippen molar-refractivity contribution in [1.29, 1.82) is 0 Å². The number of halogens is 4. The molecule has 1 saturated carbocycles. The van der Waals surface area contributed by atoms with Crippen LogP contribution in [0.25, 0.3) is 0 Å². The molecule has 2 heterocycles. The predicted molar refractivity (Wildman–Crippen MR) is 151 cm³/mol. The van der Waals surface area contributed by atoms with Gasteiger partial charge in [-0.05, 0) is 82.0 Å². The topological polar surface area (TPSA) is 95.0 Å². The van der Waals surface area contributed by atoms with E-state index < -0.39 is 56.6 Å². The zero-order valence-electron chi connectivity index (χ0n) is 22.3. The first-order valence-electron chi connectivity index (χ1n) is 13.2. The van der Waals surface area contributed by atoms with Gasteiger partial charge in [0.25, 0.3) is 11.8 Å². The van der Waals surface area contributed by atoms with E-state index in [1.165, 1.54) is 35.2 Å². The van der Waals surface area contributed by atoms with E-state index in [1.807, 2.05) is 0 Å². The second-order valence-corrected chi connectivity index (χ2v) is 13.8. The van der Waals surface area contributed by atoms with Crippen LogP contribution in [0.4, 0.5) is 10.1 Å². The van der Waals surface area contributed by atoms with E-state index in [-0.39, 0.29) is 46.7 Å². The summed E-state index contributed by atoms with van der Waals surface area (Å²) in [5, 5.41) is 11.3. The summed E-state index contributed by atoms with van der Waals surface area (Å²) in [6.45, 7) is 5.32. The number of amides is 4. The van der Waals surface area contributed by atoms with Gasteiger partial charge < -0.3 is 5.11 Å². The molecule has 2 aromatic carbocycles. The Kier molecular flexibility index (Phi) is 6.21. The zero-order chi connectivity index (χ0) is 29.8. The third-order valence-corrected chi connectivity index (χ3v) is 10.5. The number of aromatic hydroxyl groups is 1. The first-order chi connectivity index (χ1) is 19.1. The molecule has 3 fully saturated rings. The van der Waals surface area contributed by atoms with Gasteiger partial charge in [-0.1, -0.05) is 23.3 Å². The maximum absolute atomic E-state index is 14.3. The highest BCUT2D eigenvalue weighted by atomic mass is 35.5. The molecule has 11 heteroatoms. The zero-order valence-corrected chi connectivity index (χ0v) is 24.6. The highest BCUT2D eigenvalue weighted by molar-refractivity contribution is 6.58. The van der Waals surface area contributed by atoms with Crippen LogP contribution in [0.5, 0.6) is 5.75 Å². The Hall–Kier alpha value is -2.94. The molecule has 0 radical (unpaired) electrons. The lowest BCUT2D eigenvalue weighted by atomic mass is 9.56. The van der Waals surface area contributed by atoms with Crippen LogP contribution in [0.2, 0.25) is 5.02 Å². The SMILES string of the molecule is CC(C)(C)N1C(=O)C2CC=C3C(CC4(Cl)C(=O)N(c5ccc(F)cc5)C(=O)C4(Cl)C3c3cc(Cl)ccc3O)C2C1=O. The van der Waals surface area contributed by atoms with Crippen LogP contribution in [0.3, 0.4) is 0 Å². The van der Waals surface area contributed by atoms with Crippen molar-refractivity contribution in [2.45, 2.75) is 54.8 Å². The predicted octanol–water partition coefficient (Wildman–Crippen LogP) is 5.55. The lowest BCUT2D eigenvalue weighted by Crippen LogP contribution is -2.60. The molecule has 4 aliphatic rings. The Labute approximate surface area is 250 Å². The summed E-state index contributed by atoms with van der Waals surface area (Å²) >= 11 is 20.9. The number of alkyl halides is 2. The van der Waals surface area contributed by atoms with Crippen molar-refractivity contribution in [1.82, 2.24) is 4.90 Å². The van der Waals surface area contributed by atoms with Crippen LogP contribution in [0.15, 0.2) is 54.1 Å². The first-order valence-corrected chi connectivity index (χ1v) is 14.3. The van der Waals surface area contributed by atoms with Gasteiger partial charge in [-0.2, -0.15) is 0 Å². The highest BCUT2D eigenvalue weighted by Gasteiger charge is 2.77. The van der Waals surface area contributed by atoms with Crippen molar-refractivity contribution >= 4 is 64.1 Å². The van der Waals surface area contributed by atoms with Crippen LogP contribution in [-0.2, 0) is 19.2 Å². The Balaban J connectivity index is 1.58. The number of allylic oxidation sites excluding steroid dienone is 2. The standard InChI is InChI=1S/C30H26Cl3FN2O5/c1-28(2,3)36-24(38)18-10-9-17-20(22(18)25(36)39)13-29(32)26(40)35(16-7-5-15(34)6-8-16)27(41)30(29,33)23(17)19-12-14(31)4-11-21(19)37/h4-9,11-12,18,20,22-23,37H,10,13H2,1-3H3. The molecule has 7 nitrogen and oxygen atoms in total. The lowest BCUT2D eigenvalue weighted by Gasteiger charge is -2.50. The van der Waals surface area contributed by atoms with Crippen LogP contribution >= 0.6 is 34.8 Å². The minimum absolute atomic E-state index is 0.0748. The molecule has 2 saturated heterocycles. The number of carbonyl (C=O) groups is 4. The molecule has 6 unspecified atom stereocenters. The number of hydrogen-bond acceptors (Lipinski definition) is 5. The van der Waals surface area contributed by atoms with Crippen molar-refractivity contribution in [3.8, 4) is 5.75 Å². The van der Waals surface area contributed by atoms with Gasteiger partial charge in [-0.3, -0.25) is 24.1 Å². The molecular formula is C30H26Cl3FN2O5. The van der Waals surface area contributed by atoms with E-state index in [0.717, 1.165) is 17.0 Å². The number of nitrogens with zero attached hydrogens (tertiary/aromatic N) is 2. The summed E-state index contributed by atoms with van der Waals surface area (Å²) in [6, 6.07) is 9.05. The van der Waals surface area contributed by atoms with Crippen LogP contribution in [0.1, 0.15) is 45.1 Å². The Morgan fingerprint density at radius 2 is 1.61 bits per heavy atom. The van der Waals surface area contributed by atoms with Crippen LogP contribution < -0.4 is 4.90 Å². The number of rotatable bonds is 2. The summed E-state index contributed by atoms with van der Waals surface area (Å²) in [7, 11) is 0. The van der Waals surface area contributed by atoms with Gasteiger partial charge in [0, 0.05) is 22.0 Å². The van der Waals surface area contributed by atoms with Crippen molar-refractivity contribution < 1.29 is 28.7 Å². The van der Waals surface area contributed by atoms with E-state index in [9.17, 15) is 28.7 Å². The summed E-state index contributed by atoms with van der Waals surface area (Å²) < 4.78 is 13.7.